The molecule has 0 bridgehead atoms. The zero-order valence-electron chi connectivity index (χ0n) is 25.5. The van der Waals surface area contributed by atoms with Gasteiger partial charge < -0.3 is 4.57 Å². The van der Waals surface area contributed by atoms with Crippen molar-refractivity contribution in [3.8, 4) is 27.9 Å². The van der Waals surface area contributed by atoms with E-state index >= 15 is 0 Å². The Labute approximate surface area is 243 Å². The van der Waals surface area contributed by atoms with E-state index in [9.17, 15) is 0 Å². The van der Waals surface area contributed by atoms with Crippen molar-refractivity contribution in [3.05, 3.63) is 123 Å². The van der Waals surface area contributed by atoms with Crippen molar-refractivity contribution < 1.29 is 0 Å². The largest absolute Gasteiger partial charge is 0.308 e. The lowest BCUT2D eigenvalue weighted by atomic mass is 9.68. The molecule has 202 valence electrons. The lowest BCUT2D eigenvalue weighted by Gasteiger charge is -2.42. The summed E-state index contributed by atoms with van der Waals surface area (Å²) in [7, 11) is 0. The van der Waals surface area contributed by atoms with Crippen LogP contribution in [-0.2, 0) is 10.8 Å². The van der Waals surface area contributed by atoms with E-state index in [0.717, 1.165) is 0 Å². The first-order chi connectivity index (χ1) is 19.4. The van der Waals surface area contributed by atoms with Gasteiger partial charge in [0, 0.05) is 21.6 Å². The summed E-state index contributed by atoms with van der Waals surface area (Å²) in [6.07, 6.45) is 0. The molecular formula is C40H37N. The normalized spacial score (nSPS) is 15.7. The highest BCUT2D eigenvalue weighted by Crippen LogP contribution is 2.56. The molecule has 1 heteroatoms. The Balaban J connectivity index is 1.60. The first kappa shape index (κ1) is 24.7. The van der Waals surface area contributed by atoms with Crippen molar-refractivity contribution in [2.24, 2.45) is 0 Å². The summed E-state index contributed by atoms with van der Waals surface area (Å²) >= 11 is 0. The Morgan fingerprint density at radius 3 is 1.20 bits per heavy atom. The molecular weight excluding hydrogens is 494 g/mol. The highest BCUT2D eigenvalue weighted by atomic mass is 15.0. The van der Waals surface area contributed by atoms with Crippen LogP contribution in [0.3, 0.4) is 0 Å². The van der Waals surface area contributed by atoms with Crippen LogP contribution in [0.15, 0.2) is 78.9 Å². The van der Waals surface area contributed by atoms with E-state index < -0.39 is 0 Å². The number of para-hydroxylation sites is 1. The predicted octanol–water partition coefficient (Wildman–Crippen LogP) is 10.6. The van der Waals surface area contributed by atoms with E-state index in [0.29, 0.717) is 0 Å². The smallest absolute Gasteiger partial charge is 0.0582 e. The second kappa shape index (κ2) is 7.79. The average Bonchev–Trinajstić information content (AvgIpc) is 3.23. The van der Waals surface area contributed by atoms with Gasteiger partial charge in [-0.15, -0.1) is 0 Å². The maximum absolute atomic E-state index is 2.63. The number of rotatable bonds is 2. The van der Waals surface area contributed by atoms with E-state index in [1.165, 1.54) is 94.3 Å². The summed E-state index contributed by atoms with van der Waals surface area (Å²) in [6.45, 7) is 18.5. The molecule has 0 atom stereocenters. The molecule has 2 aliphatic rings. The van der Waals surface area contributed by atoms with E-state index in [-0.39, 0.29) is 10.8 Å². The molecule has 0 spiro atoms. The predicted molar refractivity (Wildman–Crippen MR) is 175 cm³/mol. The third-order valence-corrected chi connectivity index (χ3v) is 10.0. The first-order valence-corrected chi connectivity index (χ1v) is 14.9. The van der Waals surface area contributed by atoms with Crippen LogP contribution in [0.25, 0.3) is 49.7 Å². The van der Waals surface area contributed by atoms with Crippen LogP contribution in [0.1, 0.15) is 72.2 Å². The van der Waals surface area contributed by atoms with Gasteiger partial charge in [-0.2, -0.15) is 0 Å². The van der Waals surface area contributed by atoms with Crippen LogP contribution in [0.5, 0.6) is 0 Å². The van der Waals surface area contributed by atoms with Crippen molar-refractivity contribution in [1.29, 1.82) is 0 Å². The van der Waals surface area contributed by atoms with Gasteiger partial charge in [0.25, 0.3) is 0 Å². The van der Waals surface area contributed by atoms with Crippen LogP contribution in [0, 0.1) is 27.7 Å². The van der Waals surface area contributed by atoms with Crippen molar-refractivity contribution >= 4 is 21.8 Å². The molecule has 0 saturated carbocycles. The molecule has 0 N–H and O–H groups in total. The molecule has 8 rings (SSSR count). The number of fused-ring (bicyclic) bond motifs is 1. The van der Waals surface area contributed by atoms with Crippen molar-refractivity contribution in [3.63, 3.8) is 0 Å². The minimum atomic E-state index is -0.118. The Morgan fingerprint density at radius 1 is 0.439 bits per heavy atom. The van der Waals surface area contributed by atoms with Crippen LogP contribution >= 0.6 is 0 Å². The average molecular weight is 532 g/mol. The molecule has 6 aromatic rings. The van der Waals surface area contributed by atoms with Gasteiger partial charge in [0.15, 0.2) is 0 Å². The Kier molecular flexibility index (Phi) is 4.69. The van der Waals surface area contributed by atoms with Crippen molar-refractivity contribution in [2.75, 3.05) is 0 Å². The van der Waals surface area contributed by atoms with Crippen molar-refractivity contribution in [2.45, 2.75) is 66.2 Å². The van der Waals surface area contributed by atoms with Gasteiger partial charge in [0.05, 0.1) is 16.7 Å². The fraction of sp³-hybridized carbons (Fsp3) is 0.250. The topological polar surface area (TPSA) is 4.93 Å². The Bertz CT molecular complexity index is 1940. The van der Waals surface area contributed by atoms with Crippen LogP contribution in [0.4, 0.5) is 0 Å². The molecule has 1 nitrogen and oxygen atoms in total. The Morgan fingerprint density at radius 2 is 0.805 bits per heavy atom. The summed E-state index contributed by atoms with van der Waals surface area (Å²) in [5, 5.41) is 2.73. The molecule has 0 saturated heterocycles. The zero-order valence-corrected chi connectivity index (χ0v) is 25.5. The summed E-state index contributed by atoms with van der Waals surface area (Å²) in [5.74, 6) is 0. The van der Waals surface area contributed by atoms with Crippen molar-refractivity contribution in [1.82, 2.24) is 4.57 Å². The SMILES string of the molecule is Cc1cc(C)cc(-c2cc3c4c(c2)c2cc(-c5cc(C)cc(C)c5)cc5c2n4-c2c(cccc2C5(C)C)C3(C)C)c1. The minimum Gasteiger partial charge on any atom is -0.308 e. The molecule has 0 amide bonds. The van der Waals surface area contributed by atoms with Gasteiger partial charge in [0.1, 0.15) is 0 Å². The number of hydrogen-bond donors (Lipinski definition) is 0. The number of benzene rings is 5. The lowest BCUT2D eigenvalue weighted by molar-refractivity contribution is 0.594. The fourth-order valence-electron chi connectivity index (χ4n) is 8.15. The van der Waals surface area contributed by atoms with E-state index in [1.54, 1.807) is 0 Å². The molecule has 41 heavy (non-hydrogen) atoms. The second-order valence-corrected chi connectivity index (χ2v) is 13.9. The van der Waals surface area contributed by atoms with Gasteiger partial charge in [0.2, 0.25) is 0 Å². The lowest BCUT2D eigenvalue weighted by Crippen LogP contribution is -2.33. The van der Waals surface area contributed by atoms with Gasteiger partial charge in [-0.25, -0.2) is 0 Å². The van der Waals surface area contributed by atoms with Gasteiger partial charge in [-0.3, -0.25) is 0 Å². The molecule has 0 unspecified atom stereocenters. The Hall–Kier alpha value is -4.10. The molecule has 5 aromatic carbocycles. The molecule has 2 aliphatic heterocycles. The van der Waals surface area contributed by atoms with Gasteiger partial charge in [-0.05, 0) is 96.5 Å². The summed E-state index contributed by atoms with van der Waals surface area (Å²) in [6, 6.07) is 30.9. The summed E-state index contributed by atoms with van der Waals surface area (Å²) in [4.78, 5) is 0. The van der Waals surface area contributed by atoms with Gasteiger partial charge >= 0.3 is 0 Å². The van der Waals surface area contributed by atoms with E-state index in [1.807, 2.05) is 0 Å². The molecule has 0 fully saturated rings. The second-order valence-electron chi connectivity index (χ2n) is 13.9. The number of nitrogens with zero attached hydrogens (tertiary/aromatic N) is 1. The van der Waals surface area contributed by atoms with Crippen LogP contribution in [-0.4, -0.2) is 4.57 Å². The highest BCUT2D eigenvalue weighted by Gasteiger charge is 2.43. The highest BCUT2D eigenvalue weighted by molar-refractivity contribution is 6.16. The van der Waals surface area contributed by atoms with E-state index in [2.05, 4.69) is 139 Å². The minimum absolute atomic E-state index is 0.118. The van der Waals surface area contributed by atoms with Crippen LogP contribution in [0.2, 0.25) is 0 Å². The third kappa shape index (κ3) is 3.18. The number of aromatic nitrogens is 1. The maximum atomic E-state index is 2.63. The molecule has 0 radical (unpaired) electrons. The zero-order chi connectivity index (χ0) is 28.6. The maximum Gasteiger partial charge on any atom is 0.0582 e. The van der Waals surface area contributed by atoms with Gasteiger partial charge in [-0.1, -0.05) is 105 Å². The first-order valence-electron chi connectivity index (χ1n) is 14.9. The fourth-order valence-corrected chi connectivity index (χ4v) is 8.15. The van der Waals surface area contributed by atoms with Crippen LogP contribution < -0.4 is 0 Å². The monoisotopic (exact) mass is 531 g/mol. The van der Waals surface area contributed by atoms with E-state index in [4.69, 9.17) is 0 Å². The number of hydrogen-bond acceptors (Lipinski definition) is 0. The molecule has 3 heterocycles. The molecule has 1 aromatic heterocycles. The quantitative estimate of drug-likeness (QED) is 0.209. The summed E-state index contributed by atoms with van der Waals surface area (Å²) < 4.78 is 2.63. The standard InChI is InChI=1S/C40H37N/c1-22-12-23(2)15-26(14-22)28-18-30-31-19-29(27-16-24(3)13-25(4)17-27)21-35-37(31)41-36(30)34(20-28)39(5,6)32-10-9-11-33(38(32)41)40(35,7)8/h9-21H,1-8H3. The third-order valence-electron chi connectivity index (χ3n) is 10.0. The molecule has 0 aliphatic carbocycles. The summed E-state index contributed by atoms with van der Waals surface area (Å²) in [5.41, 5.74) is 20.1. The number of aryl methyl sites for hydroxylation is 4.